The molecule has 0 saturated carbocycles. The van der Waals surface area contributed by atoms with Crippen LogP contribution in [0.1, 0.15) is 11.1 Å². The molecule has 0 aliphatic rings. The highest BCUT2D eigenvalue weighted by molar-refractivity contribution is 6.42. The summed E-state index contributed by atoms with van der Waals surface area (Å²) in [6.07, 6.45) is 0. The van der Waals surface area contributed by atoms with Crippen molar-refractivity contribution in [1.29, 1.82) is 0 Å². The number of benzene rings is 2. The Kier molecular flexibility index (Phi) is 4.71. The number of oxime groups is 1. The zero-order valence-electron chi connectivity index (χ0n) is 10.5. The van der Waals surface area contributed by atoms with Gasteiger partial charge in [-0.2, -0.15) is 0 Å². The number of nitrogens with one attached hydrogen (secondary N) is 1. The minimum absolute atomic E-state index is 0.0917. The molecule has 0 unspecified atom stereocenters. The van der Waals surface area contributed by atoms with E-state index >= 15 is 0 Å². The second-order valence-electron chi connectivity index (χ2n) is 4.16. The van der Waals surface area contributed by atoms with E-state index in [0.29, 0.717) is 22.2 Å². The van der Waals surface area contributed by atoms with Crippen molar-refractivity contribution < 1.29 is 5.21 Å². The zero-order chi connectivity index (χ0) is 14.5. The standard InChI is InChI=1S/C14H13Cl2N3O/c15-12-6-5-11(7-13(12)16)18-8-9-1-3-10(4-2-9)14(17)19-20/h1-7,18,20H,8H2,(H2,17,19). The van der Waals surface area contributed by atoms with Crippen molar-refractivity contribution in [1.82, 2.24) is 0 Å². The number of rotatable bonds is 4. The minimum Gasteiger partial charge on any atom is -0.409 e. The van der Waals surface area contributed by atoms with Crippen LogP contribution < -0.4 is 11.1 Å². The van der Waals surface area contributed by atoms with Gasteiger partial charge in [0.25, 0.3) is 0 Å². The van der Waals surface area contributed by atoms with Crippen molar-refractivity contribution in [3.8, 4) is 0 Å². The number of nitrogens with two attached hydrogens (primary N) is 1. The molecule has 4 N–H and O–H groups in total. The van der Waals surface area contributed by atoms with Crippen LogP contribution in [-0.4, -0.2) is 11.0 Å². The van der Waals surface area contributed by atoms with Crippen molar-refractivity contribution in [3.63, 3.8) is 0 Å². The quantitative estimate of drug-likeness (QED) is 0.349. The van der Waals surface area contributed by atoms with Gasteiger partial charge in [0, 0.05) is 17.8 Å². The van der Waals surface area contributed by atoms with E-state index in [9.17, 15) is 0 Å². The molecule has 0 aromatic heterocycles. The first-order valence-corrected chi connectivity index (χ1v) is 6.61. The van der Waals surface area contributed by atoms with E-state index in [0.717, 1.165) is 11.3 Å². The molecule has 2 aromatic rings. The van der Waals surface area contributed by atoms with Crippen LogP contribution in [-0.2, 0) is 6.54 Å². The maximum absolute atomic E-state index is 8.59. The molecule has 0 heterocycles. The second kappa shape index (κ2) is 6.50. The van der Waals surface area contributed by atoms with E-state index in [1.807, 2.05) is 18.2 Å². The highest BCUT2D eigenvalue weighted by Gasteiger charge is 2.01. The number of halogens is 2. The maximum atomic E-state index is 8.59. The highest BCUT2D eigenvalue weighted by atomic mass is 35.5. The number of hydrogen-bond acceptors (Lipinski definition) is 3. The van der Waals surface area contributed by atoms with E-state index < -0.39 is 0 Å². The van der Waals surface area contributed by atoms with E-state index in [4.69, 9.17) is 34.1 Å². The average molecular weight is 310 g/mol. The molecule has 104 valence electrons. The summed E-state index contributed by atoms with van der Waals surface area (Å²) in [5, 5.41) is 15.8. The predicted molar refractivity (Wildman–Crippen MR) is 82.7 cm³/mol. The molecular formula is C14H13Cl2N3O. The van der Waals surface area contributed by atoms with Gasteiger partial charge >= 0.3 is 0 Å². The Balaban J connectivity index is 2.02. The molecule has 4 nitrogen and oxygen atoms in total. The van der Waals surface area contributed by atoms with Crippen LogP contribution in [0, 0.1) is 0 Å². The minimum atomic E-state index is 0.0917. The predicted octanol–water partition coefficient (Wildman–Crippen LogP) is 3.70. The summed E-state index contributed by atoms with van der Waals surface area (Å²) in [7, 11) is 0. The van der Waals surface area contributed by atoms with Gasteiger partial charge < -0.3 is 16.3 Å². The van der Waals surface area contributed by atoms with Crippen LogP contribution in [0.25, 0.3) is 0 Å². The lowest BCUT2D eigenvalue weighted by Gasteiger charge is -2.08. The number of nitrogens with zero attached hydrogens (tertiary/aromatic N) is 1. The first-order valence-electron chi connectivity index (χ1n) is 5.86. The fourth-order valence-corrected chi connectivity index (χ4v) is 1.96. The maximum Gasteiger partial charge on any atom is 0.170 e. The molecule has 0 amide bonds. The Labute approximate surface area is 126 Å². The van der Waals surface area contributed by atoms with Gasteiger partial charge in [0.15, 0.2) is 5.84 Å². The summed E-state index contributed by atoms with van der Waals surface area (Å²) < 4.78 is 0. The third-order valence-corrected chi connectivity index (χ3v) is 3.51. The van der Waals surface area contributed by atoms with Crippen LogP contribution in [0.15, 0.2) is 47.6 Å². The van der Waals surface area contributed by atoms with E-state index in [1.165, 1.54) is 0 Å². The van der Waals surface area contributed by atoms with Crippen LogP contribution in [0.5, 0.6) is 0 Å². The molecule has 0 aliphatic carbocycles. The summed E-state index contributed by atoms with van der Waals surface area (Å²) in [5.41, 5.74) is 8.12. The SMILES string of the molecule is NC(=NO)c1ccc(CNc2ccc(Cl)c(Cl)c2)cc1. The lowest BCUT2D eigenvalue weighted by molar-refractivity contribution is 0.318. The monoisotopic (exact) mass is 309 g/mol. The molecule has 6 heteroatoms. The van der Waals surface area contributed by atoms with Crippen molar-refractivity contribution >= 4 is 34.7 Å². The van der Waals surface area contributed by atoms with Crippen molar-refractivity contribution in [2.45, 2.75) is 6.54 Å². The second-order valence-corrected chi connectivity index (χ2v) is 4.98. The lowest BCUT2D eigenvalue weighted by Crippen LogP contribution is -2.13. The average Bonchev–Trinajstić information content (AvgIpc) is 2.48. The first kappa shape index (κ1) is 14.5. The van der Waals surface area contributed by atoms with Gasteiger partial charge in [-0.05, 0) is 23.8 Å². The molecular weight excluding hydrogens is 297 g/mol. The summed E-state index contributed by atoms with van der Waals surface area (Å²) in [5.74, 6) is 0.0917. The Morgan fingerprint density at radius 3 is 2.40 bits per heavy atom. The van der Waals surface area contributed by atoms with E-state index in [-0.39, 0.29) is 5.84 Å². The molecule has 0 aliphatic heterocycles. The number of amidine groups is 1. The third kappa shape index (κ3) is 3.56. The summed E-state index contributed by atoms with van der Waals surface area (Å²) >= 11 is 11.8. The summed E-state index contributed by atoms with van der Waals surface area (Å²) in [6, 6.07) is 12.8. The topological polar surface area (TPSA) is 70.6 Å². The molecule has 0 bridgehead atoms. The highest BCUT2D eigenvalue weighted by Crippen LogP contribution is 2.25. The number of anilines is 1. The molecule has 2 aromatic carbocycles. The fraction of sp³-hybridized carbons (Fsp3) is 0.0714. The molecule has 20 heavy (non-hydrogen) atoms. The van der Waals surface area contributed by atoms with Crippen molar-refractivity contribution in [2.75, 3.05) is 5.32 Å². The lowest BCUT2D eigenvalue weighted by atomic mass is 10.1. The molecule has 0 fully saturated rings. The largest absolute Gasteiger partial charge is 0.409 e. The van der Waals surface area contributed by atoms with E-state index in [2.05, 4.69) is 10.5 Å². The summed E-state index contributed by atoms with van der Waals surface area (Å²) in [6.45, 7) is 0.633. The van der Waals surface area contributed by atoms with Gasteiger partial charge in [0.1, 0.15) is 0 Å². The van der Waals surface area contributed by atoms with Gasteiger partial charge in [0.2, 0.25) is 0 Å². The fourth-order valence-electron chi connectivity index (χ4n) is 1.66. The Morgan fingerprint density at radius 1 is 1.10 bits per heavy atom. The number of hydrogen-bond donors (Lipinski definition) is 3. The van der Waals surface area contributed by atoms with Crippen molar-refractivity contribution in [3.05, 3.63) is 63.6 Å². The van der Waals surface area contributed by atoms with Crippen molar-refractivity contribution in [2.24, 2.45) is 10.9 Å². The first-order chi connectivity index (χ1) is 9.60. The Morgan fingerprint density at radius 2 is 1.80 bits per heavy atom. The normalized spacial score (nSPS) is 11.4. The van der Waals surface area contributed by atoms with Crippen LogP contribution >= 0.6 is 23.2 Å². The molecule has 0 atom stereocenters. The third-order valence-electron chi connectivity index (χ3n) is 2.77. The Bertz CT molecular complexity index is 627. The van der Waals surface area contributed by atoms with E-state index in [1.54, 1.807) is 24.3 Å². The molecule has 0 radical (unpaired) electrons. The molecule has 0 spiro atoms. The van der Waals surface area contributed by atoms with Gasteiger partial charge in [-0.1, -0.05) is 52.6 Å². The Hall–Kier alpha value is -1.91. The van der Waals surface area contributed by atoms with Crippen LogP contribution in [0.3, 0.4) is 0 Å². The van der Waals surface area contributed by atoms with Gasteiger partial charge in [0.05, 0.1) is 10.0 Å². The van der Waals surface area contributed by atoms with Crippen LogP contribution in [0.4, 0.5) is 5.69 Å². The molecule has 0 saturated heterocycles. The van der Waals surface area contributed by atoms with Crippen LogP contribution in [0.2, 0.25) is 10.0 Å². The van der Waals surface area contributed by atoms with Gasteiger partial charge in [-0.15, -0.1) is 0 Å². The molecule has 2 rings (SSSR count). The van der Waals surface area contributed by atoms with Gasteiger partial charge in [-0.25, -0.2) is 0 Å². The van der Waals surface area contributed by atoms with Gasteiger partial charge in [-0.3, -0.25) is 0 Å². The summed E-state index contributed by atoms with van der Waals surface area (Å²) in [4.78, 5) is 0. The zero-order valence-corrected chi connectivity index (χ0v) is 12.0. The smallest absolute Gasteiger partial charge is 0.170 e.